The van der Waals surface area contributed by atoms with Crippen molar-refractivity contribution in [3.8, 4) is 10.6 Å². The summed E-state index contributed by atoms with van der Waals surface area (Å²) in [7, 11) is 0. The second-order valence-electron chi connectivity index (χ2n) is 5.61. The predicted octanol–water partition coefficient (Wildman–Crippen LogP) is 4.86. The molecule has 132 valence electrons. The van der Waals surface area contributed by atoms with Crippen LogP contribution in [0.25, 0.3) is 10.6 Å². The smallest absolute Gasteiger partial charge is 0.271 e. The molecule has 0 aliphatic rings. The molecule has 0 unspecified atom stereocenters. The highest BCUT2D eigenvalue weighted by atomic mass is 35.5. The Morgan fingerprint density at radius 2 is 2.08 bits per heavy atom. The number of nitrogens with zero attached hydrogens (tertiary/aromatic N) is 2. The van der Waals surface area contributed by atoms with E-state index in [1.807, 2.05) is 18.2 Å². The van der Waals surface area contributed by atoms with Crippen LogP contribution in [0.5, 0.6) is 0 Å². The second kappa shape index (κ2) is 7.63. The number of aryl methyl sites for hydroxylation is 1. The summed E-state index contributed by atoms with van der Waals surface area (Å²) < 4.78 is 0. The van der Waals surface area contributed by atoms with Crippen LogP contribution < -0.4 is 5.32 Å². The maximum absolute atomic E-state index is 12.3. The SMILES string of the molecule is Cc1ccc([N+](=O)[O-])cc1NC(=O)Cc1csc(-c2ccccc2Cl)n1. The lowest BCUT2D eigenvalue weighted by Crippen LogP contribution is -2.15. The van der Waals surface area contributed by atoms with Gasteiger partial charge in [0.15, 0.2) is 0 Å². The summed E-state index contributed by atoms with van der Waals surface area (Å²) in [6.07, 6.45) is 0.0725. The van der Waals surface area contributed by atoms with Gasteiger partial charge in [-0.25, -0.2) is 4.98 Å². The van der Waals surface area contributed by atoms with E-state index >= 15 is 0 Å². The maximum Gasteiger partial charge on any atom is 0.271 e. The first kappa shape index (κ1) is 18.0. The summed E-state index contributed by atoms with van der Waals surface area (Å²) >= 11 is 7.58. The zero-order valence-electron chi connectivity index (χ0n) is 13.7. The predicted molar refractivity (Wildman–Crippen MR) is 103 cm³/mol. The minimum Gasteiger partial charge on any atom is -0.325 e. The van der Waals surface area contributed by atoms with Crippen molar-refractivity contribution in [2.45, 2.75) is 13.3 Å². The zero-order valence-corrected chi connectivity index (χ0v) is 15.3. The number of rotatable bonds is 5. The Morgan fingerprint density at radius 3 is 2.81 bits per heavy atom. The molecule has 0 saturated carbocycles. The van der Waals surface area contributed by atoms with Gasteiger partial charge < -0.3 is 5.32 Å². The van der Waals surface area contributed by atoms with E-state index in [9.17, 15) is 14.9 Å². The van der Waals surface area contributed by atoms with Gasteiger partial charge in [-0.05, 0) is 18.6 Å². The first-order valence-electron chi connectivity index (χ1n) is 7.68. The number of carbonyl (C=O) groups excluding carboxylic acids is 1. The number of aromatic nitrogens is 1. The number of anilines is 1. The summed E-state index contributed by atoms with van der Waals surface area (Å²) in [5, 5.41) is 16.7. The van der Waals surface area contributed by atoms with Crippen LogP contribution in [-0.2, 0) is 11.2 Å². The van der Waals surface area contributed by atoms with Crippen molar-refractivity contribution in [2.24, 2.45) is 0 Å². The molecule has 6 nitrogen and oxygen atoms in total. The number of amides is 1. The van der Waals surface area contributed by atoms with Crippen molar-refractivity contribution < 1.29 is 9.72 Å². The van der Waals surface area contributed by atoms with Gasteiger partial charge in [0.2, 0.25) is 5.91 Å². The number of hydrogen-bond acceptors (Lipinski definition) is 5. The fourth-order valence-corrected chi connectivity index (χ4v) is 3.50. The summed E-state index contributed by atoms with van der Waals surface area (Å²) in [6.45, 7) is 1.78. The number of thiazole rings is 1. The Morgan fingerprint density at radius 1 is 1.31 bits per heavy atom. The number of nitro groups is 1. The van der Waals surface area contributed by atoms with Crippen LogP contribution in [0.1, 0.15) is 11.3 Å². The Bertz CT molecular complexity index is 987. The fourth-order valence-electron chi connectivity index (χ4n) is 2.36. The van der Waals surface area contributed by atoms with Crippen molar-refractivity contribution in [1.29, 1.82) is 0 Å². The van der Waals surface area contributed by atoms with Gasteiger partial charge in [-0.2, -0.15) is 0 Å². The molecule has 0 atom stereocenters. The quantitative estimate of drug-likeness (QED) is 0.500. The number of benzene rings is 2. The lowest BCUT2D eigenvalue weighted by atomic mass is 10.1. The standard InChI is InChI=1S/C18H14ClN3O3S/c1-11-6-7-13(22(24)25)9-16(11)21-17(23)8-12-10-26-18(20-12)14-4-2-3-5-15(14)19/h2-7,9-10H,8H2,1H3,(H,21,23). The number of carbonyl (C=O) groups is 1. The van der Waals surface area contributed by atoms with E-state index in [4.69, 9.17) is 11.6 Å². The van der Waals surface area contributed by atoms with Crippen LogP contribution in [-0.4, -0.2) is 15.8 Å². The molecular weight excluding hydrogens is 374 g/mol. The van der Waals surface area contributed by atoms with Gasteiger partial charge in [0.1, 0.15) is 5.01 Å². The second-order valence-corrected chi connectivity index (χ2v) is 6.87. The molecule has 26 heavy (non-hydrogen) atoms. The molecule has 2 aromatic carbocycles. The largest absolute Gasteiger partial charge is 0.325 e. The number of nitro benzene ring substituents is 1. The Hall–Kier alpha value is -2.77. The third-order valence-electron chi connectivity index (χ3n) is 3.70. The third-order valence-corrected chi connectivity index (χ3v) is 4.96. The zero-order chi connectivity index (χ0) is 18.7. The van der Waals surface area contributed by atoms with Crippen molar-refractivity contribution in [2.75, 3.05) is 5.32 Å². The topological polar surface area (TPSA) is 85.1 Å². The molecule has 1 aromatic heterocycles. The monoisotopic (exact) mass is 387 g/mol. The van der Waals surface area contributed by atoms with Crippen molar-refractivity contribution in [3.05, 3.63) is 74.2 Å². The molecule has 1 amide bonds. The van der Waals surface area contributed by atoms with Crippen LogP contribution in [0.15, 0.2) is 47.8 Å². The van der Waals surface area contributed by atoms with Crippen LogP contribution in [0.4, 0.5) is 11.4 Å². The van der Waals surface area contributed by atoms with Crippen LogP contribution in [0.2, 0.25) is 5.02 Å². The van der Waals surface area contributed by atoms with E-state index in [0.29, 0.717) is 16.4 Å². The molecule has 0 spiro atoms. The van der Waals surface area contributed by atoms with Crippen LogP contribution in [0, 0.1) is 17.0 Å². The highest BCUT2D eigenvalue weighted by Crippen LogP contribution is 2.30. The van der Waals surface area contributed by atoms with Gasteiger partial charge in [-0.1, -0.05) is 35.9 Å². The van der Waals surface area contributed by atoms with Crippen molar-refractivity contribution in [1.82, 2.24) is 4.98 Å². The molecule has 1 heterocycles. The normalized spacial score (nSPS) is 10.5. The van der Waals surface area contributed by atoms with Crippen LogP contribution >= 0.6 is 22.9 Å². The molecular formula is C18H14ClN3O3S. The molecule has 0 saturated heterocycles. The third kappa shape index (κ3) is 4.07. The Labute approximate surface area is 158 Å². The number of nitrogens with one attached hydrogen (secondary N) is 1. The molecule has 3 aromatic rings. The highest BCUT2D eigenvalue weighted by molar-refractivity contribution is 7.13. The van der Waals surface area contributed by atoms with Crippen molar-refractivity contribution >= 4 is 40.2 Å². The molecule has 0 aliphatic heterocycles. The van der Waals surface area contributed by atoms with E-state index in [-0.39, 0.29) is 18.0 Å². The average molecular weight is 388 g/mol. The lowest BCUT2D eigenvalue weighted by Gasteiger charge is -2.07. The summed E-state index contributed by atoms with van der Waals surface area (Å²) in [5.74, 6) is -0.287. The minimum absolute atomic E-state index is 0.0689. The van der Waals surface area contributed by atoms with E-state index in [1.165, 1.54) is 23.5 Å². The molecule has 1 N–H and O–H groups in total. The average Bonchev–Trinajstić information content (AvgIpc) is 3.05. The number of non-ortho nitro benzene ring substituents is 1. The number of halogens is 1. The fraction of sp³-hybridized carbons (Fsp3) is 0.111. The van der Waals surface area contributed by atoms with Gasteiger partial charge >= 0.3 is 0 Å². The first-order chi connectivity index (χ1) is 12.4. The van der Waals surface area contributed by atoms with E-state index in [0.717, 1.165) is 16.1 Å². The molecule has 0 aliphatic carbocycles. The van der Waals surface area contributed by atoms with Gasteiger partial charge in [-0.15, -0.1) is 11.3 Å². The molecule has 8 heteroatoms. The maximum atomic E-state index is 12.3. The van der Waals surface area contributed by atoms with Gasteiger partial charge in [0.25, 0.3) is 5.69 Å². The Balaban J connectivity index is 1.73. The molecule has 3 rings (SSSR count). The summed E-state index contributed by atoms with van der Waals surface area (Å²) in [4.78, 5) is 27.1. The molecule has 0 fully saturated rings. The summed E-state index contributed by atoms with van der Waals surface area (Å²) in [5.41, 5.74) is 2.54. The molecule has 0 radical (unpaired) electrons. The van der Waals surface area contributed by atoms with E-state index < -0.39 is 4.92 Å². The van der Waals surface area contributed by atoms with E-state index in [1.54, 1.807) is 24.4 Å². The lowest BCUT2D eigenvalue weighted by molar-refractivity contribution is -0.384. The van der Waals surface area contributed by atoms with Gasteiger partial charge in [0.05, 0.1) is 27.7 Å². The Kier molecular flexibility index (Phi) is 5.29. The van der Waals surface area contributed by atoms with Gasteiger partial charge in [-0.3, -0.25) is 14.9 Å². The molecule has 0 bridgehead atoms. The highest BCUT2D eigenvalue weighted by Gasteiger charge is 2.14. The summed E-state index contributed by atoms with van der Waals surface area (Å²) in [6, 6.07) is 11.7. The van der Waals surface area contributed by atoms with Gasteiger partial charge in [0, 0.05) is 23.1 Å². The van der Waals surface area contributed by atoms with Crippen molar-refractivity contribution in [3.63, 3.8) is 0 Å². The first-order valence-corrected chi connectivity index (χ1v) is 8.94. The van der Waals surface area contributed by atoms with E-state index in [2.05, 4.69) is 10.3 Å². The number of hydrogen-bond donors (Lipinski definition) is 1. The van der Waals surface area contributed by atoms with Crippen LogP contribution in [0.3, 0.4) is 0 Å². The minimum atomic E-state index is -0.495.